The zero-order valence-electron chi connectivity index (χ0n) is 15.6. The highest BCUT2D eigenvalue weighted by Crippen LogP contribution is 2.31. The van der Waals surface area contributed by atoms with Crippen LogP contribution in [0.25, 0.3) is 22.4 Å². The minimum absolute atomic E-state index is 0.0857. The molecule has 8 nitrogen and oxygen atoms in total. The largest absolute Gasteiger partial charge is 0.405 e. The lowest BCUT2D eigenvalue weighted by Crippen LogP contribution is -2.46. The molecule has 0 spiro atoms. The van der Waals surface area contributed by atoms with Crippen LogP contribution in [-0.4, -0.2) is 62.4 Å². The van der Waals surface area contributed by atoms with Crippen LogP contribution in [0.2, 0.25) is 5.02 Å². The topological polar surface area (TPSA) is 107 Å². The van der Waals surface area contributed by atoms with Gasteiger partial charge in [-0.3, -0.25) is 4.79 Å². The zero-order valence-corrected chi connectivity index (χ0v) is 16.4. The Morgan fingerprint density at radius 2 is 2.13 bits per heavy atom. The van der Waals surface area contributed by atoms with Crippen LogP contribution in [0.1, 0.15) is 6.42 Å². The number of carbonyl (C=O) groups is 1. The number of fused-ring (bicyclic) bond motifs is 1. The molecular weight excluding hydrogens is 444 g/mol. The Labute approximate surface area is 177 Å². The minimum atomic E-state index is -4.60. The van der Waals surface area contributed by atoms with Gasteiger partial charge >= 0.3 is 6.18 Å². The average molecular weight is 459 g/mol. The van der Waals surface area contributed by atoms with Crippen molar-refractivity contribution in [1.82, 2.24) is 25.3 Å². The summed E-state index contributed by atoms with van der Waals surface area (Å²) < 4.78 is 51.9. The van der Waals surface area contributed by atoms with Gasteiger partial charge in [0, 0.05) is 36.3 Å². The Kier molecular flexibility index (Phi) is 5.43. The van der Waals surface area contributed by atoms with Gasteiger partial charge in [0.25, 0.3) is 0 Å². The number of H-pyrrole nitrogens is 1. The van der Waals surface area contributed by atoms with E-state index in [1.807, 2.05) is 0 Å². The van der Waals surface area contributed by atoms with Crippen LogP contribution < -0.4 is 10.2 Å². The number of rotatable bonds is 4. The molecule has 31 heavy (non-hydrogen) atoms. The van der Waals surface area contributed by atoms with Gasteiger partial charge in [0.2, 0.25) is 5.91 Å². The molecule has 164 valence electrons. The summed E-state index contributed by atoms with van der Waals surface area (Å²) in [6, 6.07) is 0.392. The molecule has 13 heteroatoms. The number of carbonyl (C=O) groups excluding carboxylic acids is 1. The van der Waals surface area contributed by atoms with Crippen molar-refractivity contribution in [3.63, 3.8) is 0 Å². The Hall–Kier alpha value is -2.99. The van der Waals surface area contributed by atoms with Gasteiger partial charge < -0.3 is 20.3 Å². The Bertz CT molecular complexity index is 1140. The molecule has 4 rings (SSSR count). The van der Waals surface area contributed by atoms with E-state index in [-0.39, 0.29) is 24.6 Å². The van der Waals surface area contributed by atoms with E-state index in [0.29, 0.717) is 21.6 Å². The number of hydrogen-bond donors (Lipinski definition) is 3. The van der Waals surface area contributed by atoms with Crippen LogP contribution in [0.3, 0.4) is 0 Å². The van der Waals surface area contributed by atoms with Gasteiger partial charge in [0.15, 0.2) is 17.5 Å². The molecule has 0 aromatic carbocycles. The fourth-order valence-electron chi connectivity index (χ4n) is 3.45. The summed E-state index contributed by atoms with van der Waals surface area (Å²) in [6.45, 7) is -1.72. The lowest BCUT2D eigenvalue weighted by atomic mass is 10.2. The Morgan fingerprint density at radius 3 is 2.87 bits per heavy atom. The summed E-state index contributed by atoms with van der Waals surface area (Å²) in [4.78, 5) is 28.6. The minimum Gasteiger partial charge on any atom is -0.391 e. The van der Waals surface area contributed by atoms with Gasteiger partial charge in [0.05, 0.1) is 17.3 Å². The number of aromatic nitrogens is 4. The molecule has 3 N–H and O–H groups in total. The molecule has 1 fully saturated rings. The van der Waals surface area contributed by atoms with Crippen molar-refractivity contribution in [2.24, 2.45) is 0 Å². The summed E-state index contributed by atoms with van der Waals surface area (Å²) >= 11 is 5.99. The number of nitrogens with one attached hydrogen (secondary N) is 2. The molecule has 2 atom stereocenters. The monoisotopic (exact) mass is 458 g/mol. The summed E-state index contributed by atoms with van der Waals surface area (Å²) in [7, 11) is 0. The fraction of sp³-hybridized carbons (Fsp3) is 0.333. The maximum absolute atomic E-state index is 14.6. The summed E-state index contributed by atoms with van der Waals surface area (Å²) in [5.41, 5.74) is 0.957. The molecular formula is C18H15ClF4N6O2. The quantitative estimate of drug-likeness (QED) is 0.518. The normalized spacial score (nSPS) is 19.2. The van der Waals surface area contributed by atoms with Crippen molar-refractivity contribution >= 4 is 34.4 Å². The van der Waals surface area contributed by atoms with Crippen LogP contribution >= 0.6 is 11.6 Å². The van der Waals surface area contributed by atoms with Crippen LogP contribution in [0, 0.1) is 5.82 Å². The van der Waals surface area contributed by atoms with Crippen molar-refractivity contribution in [2.45, 2.75) is 24.7 Å². The highest BCUT2D eigenvalue weighted by Gasteiger charge is 2.39. The molecule has 0 aliphatic carbocycles. The standard InChI is InChI=1S/C18H15ClF4N6O2/c19-8-1-10-11(4-25-14(10)24-3-8)15-26-5-12(20)16(28-15)29-6-9(30)2-13(29)17(31)27-7-18(21,22)23/h1,3-5,9,13,30H,2,6-7H2,(H,24,25)(H,27,31)/t9-,13+/m1/s1. The number of β-amino-alcohol motifs (C(OH)–C–C–N with tert-alkyl or cyclic N) is 1. The molecule has 1 saturated heterocycles. The van der Waals surface area contributed by atoms with Crippen molar-refractivity contribution in [1.29, 1.82) is 0 Å². The van der Waals surface area contributed by atoms with Crippen LogP contribution in [0.15, 0.2) is 24.7 Å². The Balaban J connectivity index is 1.68. The van der Waals surface area contributed by atoms with E-state index >= 15 is 0 Å². The number of hydrogen-bond acceptors (Lipinski definition) is 6. The molecule has 0 saturated carbocycles. The number of amides is 1. The molecule has 0 bridgehead atoms. The van der Waals surface area contributed by atoms with Gasteiger partial charge in [-0.05, 0) is 6.07 Å². The summed E-state index contributed by atoms with van der Waals surface area (Å²) in [5.74, 6) is -2.10. The van der Waals surface area contributed by atoms with Crippen LogP contribution in [-0.2, 0) is 4.79 Å². The molecule has 0 radical (unpaired) electrons. The van der Waals surface area contributed by atoms with Crippen LogP contribution in [0.4, 0.5) is 23.4 Å². The van der Waals surface area contributed by atoms with Crippen LogP contribution in [0.5, 0.6) is 0 Å². The van der Waals surface area contributed by atoms with Gasteiger partial charge in [-0.2, -0.15) is 13.2 Å². The van der Waals surface area contributed by atoms with Gasteiger partial charge in [-0.15, -0.1) is 0 Å². The van der Waals surface area contributed by atoms with Crippen molar-refractivity contribution in [3.8, 4) is 11.4 Å². The first-order valence-corrected chi connectivity index (χ1v) is 9.45. The fourth-order valence-corrected chi connectivity index (χ4v) is 3.61. The van der Waals surface area contributed by atoms with Gasteiger partial charge in [-0.25, -0.2) is 19.3 Å². The molecule has 3 aromatic rings. The van der Waals surface area contributed by atoms with Crippen molar-refractivity contribution in [2.75, 3.05) is 18.0 Å². The summed E-state index contributed by atoms with van der Waals surface area (Å²) in [6.07, 6.45) is -1.93. The lowest BCUT2D eigenvalue weighted by Gasteiger charge is -2.25. The maximum Gasteiger partial charge on any atom is 0.405 e. The van der Waals surface area contributed by atoms with Crippen molar-refractivity contribution in [3.05, 3.63) is 35.5 Å². The van der Waals surface area contributed by atoms with E-state index in [4.69, 9.17) is 11.6 Å². The second kappa shape index (κ2) is 7.93. The number of pyridine rings is 1. The number of alkyl halides is 3. The molecule has 4 heterocycles. The Morgan fingerprint density at radius 1 is 1.35 bits per heavy atom. The highest BCUT2D eigenvalue weighted by molar-refractivity contribution is 6.31. The molecule has 1 amide bonds. The number of aliphatic hydroxyl groups is 1. The predicted octanol–water partition coefficient (Wildman–Crippen LogP) is 2.43. The van der Waals surface area contributed by atoms with E-state index < -0.39 is 36.6 Å². The highest BCUT2D eigenvalue weighted by atomic mass is 35.5. The molecule has 1 aliphatic rings. The third kappa shape index (κ3) is 4.39. The average Bonchev–Trinajstić information content (AvgIpc) is 3.29. The van der Waals surface area contributed by atoms with Gasteiger partial charge in [-0.1, -0.05) is 11.6 Å². The lowest BCUT2D eigenvalue weighted by molar-refractivity contribution is -0.139. The number of aliphatic hydroxyl groups excluding tert-OH is 1. The predicted molar refractivity (Wildman–Crippen MR) is 103 cm³/mol. The van der Waals surface area contributed by atoms with E-state index in [9.17, 15) is 27.5 Å². The summed E-state index contributed by atoms with van der Waals surface area (Å²) in [5, 5.41) is 12.7. The van der Waals surface area contributed by atoms with E-state index in [2.05, 4.69) is 19.9 Å². The van der Waals surface area contributed by atoms with E-state index in [1.54, 1.807) is 17.6 Å². The first-order valence-electron chi connectivity index (χ1n) is 9.07. The molecule has 1 aliphatic heterocycles. The number of anilines is 1. The zero-order chi connectivity index (χ0) is 22.3. The number of nitrogens with zero attached hydrogens (tertiary/aromatic N) is 4. The van der Waals surface area contributed by atoms with Gasteiger partial charge in [0.1, 0.15) is 18.2 Å². The first kappa shape index (κ1) is 21.2. The van der Waals surface area contributed by atoms with E-state index in [0.717, 1.165) is 11.1 Å². The SMILES string of the molecule is O=C(NCC(F)(F)F)[C@@H]1C[C@@H](O)CN1c1nc(-c2c[nH]c3ncc(Cl)cc23)ncc1F. The molecule has 0 unspecified atom stereocenters. The number of aromatic amines is 1. The third-order valence-corrected chi connectivity index (χ3v) is 4.99. The molecule has 3 aromatic heterocycles. The maximum atomic E-state index is 14.6. The number of halogens is 5. The first-order chi connectivity index (χ1) is 14.6. The van der Waals surface area contributed by atoms with Crippen molar-refractivity contribution < 1.29 is 27.5 Å². The van der Waals surface area contributed by atoms with E-state index in [1.165, 1.54) is 6.20 Å². The second-order valence-electron chi connectivity index (χ2n) is 7.01. The third-order valence-electron chi connectivity index (χ3n) is 4.78. The second-order valence-corrected chi connectivity index (χ2v) is 7.44. The smallest absolute Gasteiger partial charge is 0.391 e.